The van der Waals surface area contributed by atoms with Gasteiger partial charge < -0.3 is 15.5 Å². The standard InChI is InChI=1S/C12H15NO3S/c1-7(4-5-14)17-8-2-3-9-10(6-8)13-12(16)11(9)15/h2-3,6-7,11,14-15H,4-5H2,1H3,(H,13,16). The molecule has 2 unspecified atom stereocenters. The monoisotopic (exact) mass is 253 g/mol. The van der Waals surface area contributed by atoms with Gasteiger partial charge in [-0.05, 0) is 18.6 Å². The Kier molecular flexibility index (Phi) is 3.71. The predicted octanol–water partition coefficient (Wildman–Crippen LogP) is 1.54. The van der Waals surface area contributed by atoms with Gasteiger partial charge in [0, 0.05) is 28.0 Å². The molecule has 17 heavy (non-hydrogen) atoms. The quantitative estimate of drug-likeness (QED) is 0.712. The molecule has 1 aliphatic heterocycles. The van der Waals surface area contributed by atoms with Crippen molar-refractivity contribution in [3.63, 3.8) is 0 Å². The Hall–Kier alpha value is -1.04. The van der Waals surface area contributed by atoms with Crippen molar-refractivity contribution in [2.24, 2.45) is 0 Å². The maximum absolute atomic E-state index is 11.3. The minimum absolute atomic E-state index is 0.175. The number of fused-ring (bicyclic) bond motifs is 1. The average molecular weight is 253 g/mol. The Labute approximate surface area is 104 Å². The van der Waals surface area contributed by atoms with E-state index in [4.69, 9.17) is 5.11 Å². The summed E-state index contributed by atoms with van der Waals surface area (Å²) in [6.45, 7) is 2.22. The highest BCUT2D eigenvalue weighted by atomic mass is 32.2. The van der Waals surface area contributed by atoms with Crippen molar-refractivity contribution < 1.29 is 15.0 Å². The van der Waals surface area contributed by atoms with Crippen LogP contribution < -0.4 is 5.32 Å². The lowest BCUT2D eigenvalue weighted by molar-refractivity contribution is -0.123. The summed E-state index contributed by atoms with van der Waals surface area (Å²) in [7, 11) is 0. The third-order valence-electron chi connectivity index (χ3n) is 2.70. The van der Waals surface area contributed by atoms with E-state index in [-0.39, 0.29) is 12.5 Å². The van der Waals surface area contributed by atoms with E-state index in [0.717, 1.165) is 11.3 Å². The number of hydrogen-bond donors (Lipinski definition) is 3. The molecular formula is C12H15NO3S. The third kappa shape index (κ3) is 2.62. The fourth-order valence-corrected chi connectivity index (χ4v) is 2.79. The molecule has 1 aromatic rings. The molecule has 2 rings (SSSR count). The number of carbonyl (C=O) groups is 1. The van der Waals surface area contributed by atoms with Crippen LogP contribution in [0.2, 0.25) is 0 Å². The van der Waals surface area contributed by atoms with Crippen LogP contribution in [0.15, 0.2) is 23.1 Å². The summed E-state index contributed by atoms with van der Waals surface area (Å²) in [6.07, 6.45) is -0.310. The second-order valence-electron chi connectivity index (χ2n) is 4.08. The normalized spacial score (nSPS) is 19.9. The van der Waals surface area contributed by atoms with Crippen molar-refractivity contribution in [2.75, 3.05) is 11.9 Å². The van der Waals surface area contributed by atoms with Crippen LogP contribution in [0.25, 0.3) is 0 Å². The average Bonchev–Trinajstić information content (AvgIpc) is 2.55. The summed E-state index contributed by atoms with van der Waals surface area (Å²) in [4.78, 5) is 12.3. The zero-order valence-corrected chi connectivity index (χ0v) is 10.3. The lowest BCUT2D eigenvalue weighted by Gasteiger charge is -2.10. The van der Waals surface area contributed by atoms with E-state index in [1.807, 2.05) is 19.1 Å². The number of aliphatic hydroxyl groups is 2. The summed E-state index contributed by atoms with van der Waals surface area (Å²) in [5.41, 5.74) is 1.32. The first-order valence-electron chi connectivity index (χ1n) is 5.52. The van der Waals surface area contributed by atoms with E-state index in [1.165, 1.54) is 0 Å². The number of anilines is 1. The minimum Gasteiger partial charge on any atom is -0.396 e. The van der Waals surface area contributed by atoms with E-state index in [0.29, 0.717) is 16.5 Å². The molecule has 1 aromatic carbocycles. The number of aliphatic hydroxyl groups excluding tert-OH is 2. The Bertz CT molecular complexity index is 436. The molecule has 0 fully saturated rings. The number of hydrogen-bond acceptors (Lipinski definition) is 4. The summed E-state index contributed by atoms with van der Waals surface area (Å²) < 4.78 is 0. The molecule has 1 amide bonds. The van der Waals surface area contributed by atoms with E-state index in [9.17, 15) is 9.90 Å². The Morgan fingerprint density at radius 1 is 1.53 bits per heavy atom. The van der Waals surface area contributed by atoms with Gasteiger partial charge in [-0.25, -0.2) is 0 Å². The highest BCUT2D eigenvalue weighted by Gasteiger charge is 2.28. The highest BCUT2D eigenvalue weighted by Crippen LogP contribution is 2.35. The first kappa shape index (κ1) is 12.4. The van der Waals surface area contributed by atoms with Gasteiger partial charge >= 0.3 is 0 Å². The molecule has 0 radical (unpaired) electrons. The van der Waals surface area contributed by atoms with Crippen molar-refractivity contribution in [3.05, 3.63) is 23.8 Å². The SMILES string of the molecule is CC(CCO)Sc1ccc2c(c1)NC(=O)C2O. The van der Waals surface area contributed by atoms with Crippen LogP contribution in [0, 0.1) is 0 Å². The number of carbonyl (C=O) groups excluding carboxylic acids is 1. The van der Waals surface area contributed by atoms with Gasteiger partial charge in [0.1, 0.15) is 0 Å². The number of thioether (sulfide) groups is 1. The van der Waals surface area contributed by atoms with Crippen LogP contribution in [0.1, 0.15) is 25.0 Å². The minimum atomic E-state index is -1.04. The van der Waals surface area contributed by atoms with Gasteiger partial charge in [-0.2, -0.15) is 0 Å². The van der Waals surface area contributed by atoms with E-state index >= 15 is 0 Å². The first-order valence-corrected chi connectivity index (χ1v) is 6.40. The molecule has 0 spiro atoms. The third-order valence-corrected chi connectivity index (χ3v) is 3.86. The molecule has 0 saturated carbocycles. The molecule has 5 heteroatoms. The zero-order valence-electron chi connectivity index (χ0n) is 9.51. The fraction of sp³-hybridized carbons (Fsp3) is 0.417. The summed E-state index contributed by atoms with van der Waals surface area (Å²) >= 11 is 1.64. The van der Waals surface area contributed by atoms with Crippen LogP contribution in [-0.2, 0) is 4.79 Å². The molecular weight excluding hydrogens is 238 g/mol. The molecule has 0 bridgehead atoms. The molecule has 0 saturated heterocycles. The molecule has 4 nitrogen and oxygen atoms in total. The first-order chi connectivity index (χ1) is 8.11. The van der Waals surface area contributed by atoms with Gasteiger partial charge in [0.25, 0.3) is 5.91 Å². The number of rotatable bonds is 4. The topological polar surface area (TPSA) is 69.6 Å². The number of nitrogens with one attached hydrogen (secondary N) is 1. The van der Waals surface area contributed by atoms with Crippen LogP contribution in [0.4, 0.5) is 5.69 Å². The van der Waals surface area contributed by atoms with Gasteiger partial charge in [0.05, 0.1) is 0 Å². The van der Waals surface area contributed by atoms with Gasteiger partial charge in [0.2, 0.25) is 0 Å². The lowest BCUT2D eigenvalue weighted by Crippen LogP contribution is -2.10. The van der Waals surface area contributed by atoms with Crippen molar-refractivity contribution >= 4 is 23.4 Å². The lowest BCUT2D eigenvalue weighted by atomic mass is 10.1. The molecule has 2 atom stereocenters. The van der Waals surface area contributed by atoms with E-state index < -0.39 is 6.10 Å². The van der Waals surface area contributed by atoms with Crippen LogP contribution >= 0.6 is 11.8 Å². The largest absolute Gasteiger partial charge is 0.396 e. The number of amides is 1. The van der Waals surface area contributed by atoms with Gasteiger partial charge in [0.15, 0.2) is 6.10 Å². The van der Waals surface area contributed by atoms with Crippen molar-refractivity contribution in [3.8, 4) is 0 Å². The van der Waals surface area contributed by atoms with Crippen molar-refractivity contribution in [1.82, 2.24) is 0 Å². The van der Waals surface area contributed by atoms with Crippen LogP contribution in [0.3, 0.4) is 0 Å². The Morgan fingerprint density at radius 3 is 3.00 bits per heavy atom. The molecule has 0 aliphatic carbocycles. The van der Waals surface area contributed by atoms with Crippen LogP contribution in [0.5, 0.6) is 0 Å². The summed E-state index contributed by atoms with van der Waals surface area (Å²) in [5.74, 6) is -0.370. The Balaban J connectivity index is 2.13. The smallest absolute Gasteiger partial charge is 0.257 e. The second kappa shape index (κ2) is 5.08. The van der Waals surface area contributed by atoms with Gasteiger partial charge in [-0.15, -0.1) is 11.8 Å². The van der Waals surface area contributed by atoms with Crippen molar-refractivity contribution in [1.29, 1.82) is 0 Å². The van der Waals surface area contributed by atoms with Crippen LogP contribution in [-0.4, -0.2) is 28.0 Å². The zero-order chi connectivity index (χ0) is 12.4. The Morgan fingerprint density at radius 2 is 2.29 bits per heavy atom. The fourth-order valence-electron chi connectivity index (χ4n) is 1.77. The van der Waals surface area contributed by atoms with Gasteiger partial charge in [-0.1, -0.05) is 13.0 Å². The summed E-state index contributed by atoms with van der Waals surface area (Å²) in [5, 5.41) is 21.4. The van der Waals surface area contributed by atoms with E-state index in [2.05, 4.69) is 5.32 Å². The second-order valence-corrected chi connectivity index (χ2v) is 5.59. The molecule has 92 valence electrons. The molecule has 1 aliphatic rings. The van der Waals surface area contributed by atoms with Gasteiger partial charge in [-0.3, -0.25) is 4.79 Å². The van der Waals surface area contributed by atoms with E-state index in [1.54, 1.807) is 17.8 Å². The maximum Gasteiger partial charge on any atom is 0.257 e. The molecule has 0 aromatic heterocycles. The highest BCUT2D eigenvalue weighted by molar-refractivity contribution is 7.99. The molecule has 1 heterocycles. The predicted molar refractivity (Wildman–Crippen MR) is 67.1 cm³/mol. The molecule has 3 N–H and O–H groups in total. The maximum atomic E-state index is 11.3. The number of benzene rings is 1. The van der Waals surface area contributed by atoms with Crippen molar-refractivity contribution in [2.45, 2.75) is 29.6 Å². The summed E-state index contributed by atoms with van der Waals surface area (Å²) in [6, 6.07) is 5.52.